The molecule has 2 aromatic rings. The lowest BCUT2D eigenvalue weighted by atomic mass is 9.99. The zero-order valence-electron chi connectivity index (χ0n) is 11.7. The number of nitriles is 1. The summed E-state index contributed by atoms with van der Waals surface area (Å²) in [4.78, 5) is 12.4. The third-order valence-electron chi connectivity index (χ3n) is 3.83. The van der Waals surface area contributed by atoms with Crippen LogP contribution in [0.25, 0.3) is 5.69 Å². The Morgan fingerprint density at radius 3 is 2.77 bits per heavy atom. The minimum absolute atomic E-state index is 0.289. The van der Waals surface area contributed by atoms with Crippen molar-refractivity contribution in [3.05, 3.63) is 35.1 Å². The molecule has 1 aromatic carbocycles. The summed E-state index contributed by atoms with van der Waals surface area (Å²) in [6.07, 6.45) is 4.68. The quantitative estimate of drug-likeness (QED) is 0.932. The highest BCUT2D eigenvalue weighted by atomic mass is 35.5. The van der Waals surface area contributed by atoms with Crippen LogP contribution in [0.4, 0.5) is 0 Å². The van der Waals surface area contributed by atoms with E-state index in [9.17, 15) is 10.1 Å². The summed E-state index contributed by atoms with van der Waals surface area (Å²) >= 11 is 6.19. The number of halogens is 1. The number of aromatic nitrogens is 4. The number of hydrogen-bond donors (Lipinski definition) is 1. The van der Waals surface area contributed by atoms with E-state index in [-0.39, 0.29) is 10.9 Å². The van der Waals surface area contributed by atoms with Crippen LogP contribution in [0.1, 0.15) is 36.0 Å². The summed E-state index contributed by atoms with van der Waals surface area (Å²) in [6.45, 7) is 0. The molecule has 112 valence electrons. The number of benzene rings is 1. The number of tetrazole rings is 1. The molecule has 1 saturated carbocycles. The Bertz CT molecular complexity index is 730. The second-order valence-electron chi connectivity index (χ2n) is 5.27. The van der Waals surface area contributed by atoms with Crippen molar-refractivity contribution in [1.29, 1.82) is 5.26 Å². The zero-order valence-corrected chi connectivity index (χ0v) is 12.4. The number of hydrogen-bond acceptors (Lipinski definition) is 5. The van der Waals surface area contributed by atoms with Crippen molar-refractivity contribution in [3.63, 3.8) is 0 Å². The number of amides is 1. The Kier molecular flexibility index (Phi) is 3.77. The minimum atomic E-state index is -0.769. The molecule has 1 aromatic heterocycles. The van der Waals surface area contributed by atoms with Gasteiger partial charge in [-0.05, 0) is 54.3 Å². The van der Waals surface area contributed by atoms with Crippen molar-refractivity contribution in [1.82, 2.24) is 25.5 Å². The number of rotatable bonds is 3. The highest BCUT2D eigenvalue weighted by molar-refractivity contribution is 6.34. The van der Waals surface area contributed by atoms with Crippen LogP contribution in [-0.2, 0) is 0 Å². The van der Waals surface area contributed by atoms with E-state index in [1.54, 1.807) is 18.2 Å². The molecule has 1 fully saturated rings. The second-order valence-corrected chi connectivity index (χ2v) is 5.68. The van der Waals surface area contributed by atoms with Crippen molar-refractivity contribution < 1.29 is 4.79 Å². The molecule has 7 nitrogen and oxygen atoms in total. The van der Waals surface area contributed by atoms with Crippen LogP contribution in [0, 0.1) is 11.3 Å². The largest absolute Gasteiger partial charge is 0.334 e. The molecule has 3 rings (SSSR count). The first-order valence-corrected chi connectivity index (χ1v) is 7.28. The smallest absolute Gasteiger partial charge is 0.254 e. The van der Waals surface area contributed by atoms with Crippen LogP contribution in [0.3, 0.4) is 0 Å². The van der Waals surface area contributed by atoms with E-state index in [0.29, 0.717) is 24.1 Å². The molecule has 8 heteroatoms. The van der Waals surface area contributed by atoms with Crippen molar-refractivity contribution in [2.75, 3.05) is 0 Å². The Labute approximate surface area is 131 Å². The molecule has 0 unspecified atom stereocenters. The van der Waals surface area contributed by atoms with E-state index in [2.05, 4.69) is 26.9 Å². The van der Waals surface area contributed by atoms with Gasteiger partial charge >= 0.3 is 0 Å². The van der Waals surface area contributed by atoms with Crippen molar-refractivity contribution in [3.8, 4) is 11.8 Å². The van der Waals surface area contributed by atoms with Gasteiger partial charge in [0.25, 0.3) is 5.91 Å². The highest BCUT2D eigenvalue weighted by Gasteiger charge is 2.35. The number of nitrogens with one attached hydrogen (secondary N) is 1. The van der Waals surface area contributed by atoms with Crippen LogP contribution >= 0.6 is 11.6 Å². The first-order valence-electron chi connectivity index (χ1n) is 6.90. The summed E-state index contributed by atoms with van der Waals surface area (Å²) in [5.74, 6) is -0.336. The molecule has 0 aliphatic heterocycles. The summed E-state index contributed by atoms with van der Waals surface area (Å²) in [5.41, 5.74) is 0.219. The minimum Gasteiger partial charge on any atom is -0.334 e. The summed E-state index contributed by atoms with van der Waals surface area (Å²) in [7, 11) is 0. The van der Waals surface area contributed by atoms with Crippen molar-refractivity contribution in [2.45, 2.75) is 31.2 Å². The number of nitrogens with zero attached hydrogens (tertiary/aromatic N) is 5. The van der Waals surface area contributed by atoms with E-state index in [4.69, 9.17) is 11.6 Å². The fourth-order valence-electron chi connectivity index (χ4n) is 2.64. The molecule has 1 N–H and O–H groups in total. The fraction of sp³-hybridized carbons (Fsp3) is 0.357. The number of carbonyl (C=O) groups is 1. The van der Waals surface area contributed by atoms with Gasteiger partial charge in [-0.2, -0.15) is 5.26 Å². The van der Waals surface area contributed by atoms with E-state index in [1.807, 2.05) is 0 Å². The lowest BCUT2D eigenvalue weighted by molar-refractivity contribution is 0.0921. The molecule has 0 saturated heterocycles. The van der Waals surface area contributed by atoms with Gasteiger partial charge in [-0.15, -0.1) is 5.10 Å². The van der Waals surface area contributed by atoms with Gasteiger partial charge in [-0.25, -0.2) is 4.68 Å². The van der Waals surface area contributed by atoms with Gasteiger partial charge in [-0.3, -0.25) is 4.79 Å². The molecular weight excluding hydrogens is 304 g/mol. The Balaban J connectivity index is 1.83. The third-order valence-corrected chi connectivity index (χ3v) is 4.15. The molecule has 1 aliphatic carbocycles. The normalized spacial score (nSPS) is 16.2. The highest BCUT2D eigenvalue weighted by Crippen LogP contribution is 2.30. The monoisotopic (exact) mass is 316 g/mol. The lowest BCUT2D eigenvalue weighted by Crippen LogP contribution is -2.45. The maximum Gasteiger partial charge on any atom is 0.254 e. The molecule has 1 amide bonds. The predicted octanol–water partition coefficient (Wildman–Crippen LogP) is 1.88. The van der Waals surface area contributed by atoms with Gasteiger partial charge in [0.2, 0.25) is 0 Å². The van der Waals surface area contributed by atoms with Gasteiger partial charge in [0.1, 0.15) is 11.9 Å². The van der Waals surface area contributed by atoms with E-state index < -0.39 is 5.54 Å². The SMILES string of the molecule is N#CC1(NC(=O)c2ccc(-n3cnnn3)cc2Cl)CCCC1. The molecule has 0 atom stereocenters. The predicted molar refractivity (Wildman–Crippen MR) is 78.4 cm³/mol. The topological polar surface area (TPSA) is 96.5 Å². The van der Waals surface area contributed by atoms with Gasteiger partial charge in [0.05, 0.1) is 22.3 Å². The average Bonchev–Trinajstić information content (AvgIpc) is 3.19. The Morgan fingerprint density at radius 2 is 2.18 bits per heavy atom. The fourth-order valence-corrected chi connectivity index (χ4v) is 2.90. The van der Waals surface area contributed by atoms with Crippen molar-refractivity contribution >= 4 is 17.5 Å². The second kappa shape index (κ2) is 5.73. The van der Waals surface area contributed by atoms with E-state index >= 15 is 0 Å². The molecule has 1 heterocycles. The number of carbonyl (C=O) groups excluding carboxylic acids is 1. The van der Waals surface area contributed by atoms with E-state index in [0.717, 1.165) is 12.8 Å². The van der Waals surface area contributed by atoms with Gasteiger partial charge in [0.15, 0.2) is 0 Å². The molecule has 0 bridgehead atoms. The summed E-state index contributed by atoms with van der Waals surface area (Å²) in [5, 5.41) is 23.3. The standard InChI is InChI=1S/C14H13ClN6O/c15-12-7-10(21-9-17-19-20-21)3-4-11(12)13(22)18-14(8-16)5-1-2-6-14/h3-4,7,9H,1-2,5-6H2,(H,18,22). The Morgan fingerprint density at radius 1 is 1.41 bits per heavy atom. The Hall–Kier alpha value is -2.46. The zero-order chi connectivity index (χ0) is 15.6. The van der Waals surface area contributed by atoms with Crippen LogP contribution in [-0.4, -0.2) is 31.7 Å². The maximum absolute atomic E-state index is 12.4. The first-order chi connectivity index (χ1) is 10.6. The first kappa shape index (κ1) is 14.5. The summed E-state index contributed by atoms with van der Waals surface area (Å²) < 4.78 is 1.45. The molecule has 1 aliphatic rings. The van der Waals surface area contributed by atoms with Crippen LogP contribution in [0.15, 0.2) is 24.5 Å². The van der Waals surface area contributed by atoms with Crippen LogP contribution in [0.2, 0.25) is 5.02 Å². The van der Waals surface area contributed by atoms with Gasteiger partial charge < -0.3 is 5.32 Å². The van der Waals surface area contributed by atoms with Gasteiger partial charge in [0, 0.05) is 0 Å². The van der Waals surface area contributed by atoms with Gasteiger partial charge in [-0.1, -0.05) is 11.6 Å². The average molecular weight is 317 g/mol. The maximum atomic E-state index is 12.4. The lowest BCUT2D eigenvalue weighted by Gasteiger charge is -2.22. The molecule has 22 heavy (non-hydrogen) atoms. The molecular formula is C14H13ClN6O. The third kappa shape index (κ3) is 2.65. The van der Waals surface area contributed by atoms with Crippen molar-refractivity contribution in [2.24, 2.45) is 0 Å². The van der Waals surface area contributed by atoms with Crippen LogP contribution in [0.5, 0.6) is 0 Å². The van der Waals surface area contributed by atoms with E-state index in [1.165, 1.54) is 11.0 Å². The summed E-state index contributed by atoms with van der Waals surface area (Å²) in [6, 6.07) is 7.14. The van der Waals surface area contributed by atoms with Crippen LogP contribution < -0.4 is 5.32 Å². The molecule has 0 radical (unpaired) electrons. The molecule has 0 spiro atoms.